The Morgan fingerprint density at radius 3 is 2.45 bits per heavy atom. The lowest BCUT2D eigenvalue weighted by molar-refractivity contribution is -0.140. The predicted octanol–water partition coefficient (Wildman–Crippen LogP) is 2.30. The van der Waals surface area contributed by atoms with Crippen LogP contribution in [0.15, 0.2) is 30.3 Å². The second-order valence-corrected chi connectivity index (χ2v) is 5.30. The monoisotopic (exact) mass is 274 g/mol. The fraction of sp³-hybridized carbons (Fsp3) is 0.500. The highest BCUT2D eigenvalue weighted by Gasteiger charge is 2.36. The van der Waals surface area contributed by atoms with E-state index in [0.717, 1.165) is 25.1 Å². The second kappa shape index (κ2) is 6.55. The average Bonchev–Trinajstić information content (AvgIpc) is 2.38. The summed E-state index contributed by atoms with van der Waals surface area (Å²) in [6, 6.07) is 9.78. The van der Waals surface area contributed by atoms with Crippen molar-refractivity contribution in [3.05, 3.63) is 30.3 Å². The standard InChI is InChI=1S/C16H22N2O2/c1-3-4-10-18(15-8-6-5-7-9-15)16(20)14-11-17(12-14)13(2)19/h5-9,14H,3-4,10-12H2,1-2H3. The first-order valence-corrected chi connectivity index (χ1v) is 7.25. The van der Waals surface area contributed by atoms with E-state index in [-0.39, 0.29) is 17.7 Å². The molecular weight excluding hydrogens is 252 g/mol. The van der Waals surface area contributed by atoms with Crippen LogP contribution in [0.1, 0.15) is 26.7 Å². The van der Waals surface area contributed by atoms with Gasteiger partial charge in [0.2, 0.25) is 11.8 Å². The number of hydrogen-bond donors (Lipinski definition) is 0. The first-order chi connectivity index (χ1) is 9.63. The first-order valence-electron chi connectivity index (χ1n) is 7.25. The Bertz CT molecular complexity index is 467. The molecule has 0 atom stereocenters. The van der Waals surface area contributed by atoms with Crippen molar-refractivity contribution >= 4 is 17.5 Å². The van der Waals surface area contributed by atoms with Crippen LogP contribution in [-0.4, -0.2) is 36.3 Å². The maximum Gasteiger partial charge on any atom is 0.233 e. The molecule has 0 bridgehead atoms. The third-order valence-corrected chi connectivity index (χ3v) is 3.75. The number of carbonyl (C=O) groups is 2. The van der Waals surface area contributed by atoms with Gasteiger partial charge in [-0.25, -0.2) is 0 Å². The van der Waals surface area contributed by atoms with Gasteiger partial charge in [-0.1, -0.05) is 31.5 Å². The normalized spacial score (nSPS) is 14.8. The molecule has 0 aromatic heterocycles. The summed E-state index contributed by atoms with van der Waals surface area (Å²) >= 11 is 0. The van der Waals surface area contributed by atoms with Gasteiger partial charge in [-0.2, -0.15) is 0 Å². The van der Waals surface area contributed by atoms with Crippen molar-refractivity contribution in [2.45, 2.75) is 26.7 Å². The maximum atomic E-state index is 12.6. The molecule has 4 heteroatoms. The highest BCUT2D eigenvalue weighted by molar-refractivity contribution is 5.96. The third-order valence-electron chi connectivity index (χ3n) is 3.75. The van der Waals surface area contributed by atoms with E-state index >= 15 is 0 Å². The zero-order valence-electron chi connectivity index (χ0n) is 12.2. The van der Waals surface area contributed by atoms with E-state index in [2.05, 4.69) is 6.92 Å². The van der Waals surface area contributed by atoms with Crippen LogP contribution in [-0.2, 0) is 9.59 Å². The van der Waals surface area contributed by atoms with Gasteiger partial charge in [0.25, 0.3) is 0 Å². The first kappa shape index (κ1) is 14.6. The van der Waals surface area contributed by atoms with Crippen LogP contribution in [0.2, 0.25) is 0 Å². The summed E-state index contributed by atoms with van der Waals surface area (Å²) in [5.41, 5.74) is 0.951. The predicted molar refractivity (Wildman–Crippen MR) is 79.4 cm³/mol. The van der Waals surface area contributed by atoms with Crippen LogP contribution in [0.25, 0.3) is 0 Å². The van der Waals surface area contributed by atoms with Gasteiger partial charge in [0.1, 0.15) is 0 Å². The summed E-state index contributed by atoms with van der Waals surface area (Å²) in [7, 11) is 0. The Hall–Kier alpha value is -1.84. The van der Waals surface area contributed by atoms with Gasteiger partial charge in [0.05, 0.1) is 5.92 Å². The maximum absolute atomic E-state index is 12.6. The summed E-state index contributed by atoms with van der Waals surface area (Å²) in [6.45, 7) is 5.53. The number of unbranched alkanes of at least 4 members (excludes halogenated alkanes) is 1. The molecule has 0 N–H and O–H groups in total. The number of likely N-dealkylation sites (tertiary alicyclic amines) is 1. The van der Waals surface area contributed by atoms with Crippen molar-refractivity contribution < 1.29 is 9.59 Å². The van der Waals surface area contributed by atoms with E-state index in [4.69, 9.17) is 0 Å². The number of carbonyl (C=O) groups excluding carboxylic acids is 2. The highest BCUT2D eigenvalue weighted by atomic mass is 16.2. The topological polar surface area (TPSA) is 40.6 Å². The number of anilines is 1. The summed E-state index contributed by atoms with van der Waals surface area (Å²) in [4.78, 5) is 27.4. The van der Waals surface area contributed by atoms with E-state index in [1.807, 2.05) is 35.2 Å². The van der Waals surface area contributed by atoms with Crippen LogP contribution in [0.5, 0.6) is 0 Å². The minimum Gasteiger partial charge on any atom is -0.341 e. The smallest absolute Gasteiger partial charge is 0.233 e. The molecule has 1 aliphatic rings. The molecule has 4 nitrogen and oxygen atoms in total. The molecule has 2 rings (SSSR count). The van der Waals surface area contributed by atoms with Gasteiger partial charge < -0.3 is 9.80 Å². The van der Waals surface area contributed by atoms with Crippen molar-refractivity contribution in [1.82, 2.24) is 4.90 Å². The van der Waals surface area contributed by atoms with Gasteiger partial charge >= 0.3 is 0 Å². The summed E-state index contributed by atoms with van der Waals surface area (Å²) in [5.74, 6) is 0.145. The summed E-state index contributed by atoms with van der Waals surface area (Å²) < 4.78 is 0. The molecule has 2 amide bonds. The Morgan fingerprint density at radius 2 is 1.90 bits per heavy atom. The van der Waals surface area contributed by atoms with Crippen molar-refractivity contribution in [2.24, 2.45) is 5.92 Å². The molecule has 1 saturated heterocycles. The zero-order valence-corrected chi connectivity index (χ0v) is 12.2. The number of amides is 2. The summed E-state index contributed by atoms with van der Waals surface area (Å²) in [6.07, 6.45) is 2.05. The van der Waals surface area contributed by atoms with Gasteiger partial charge in [0.15, 0.2) is 0 Å². The largest absolute Gasteiger partial charge is 0.341 e. The van der Waals surface area contributed by atoms with Crippen LogP contribution in [0, 0.1) is 5.92 Å². The molecule has 0 aliphatic carbocycles. The Morgan fingerprint density at radius 1 is 1.25 bits per heavy atom. The Labute approximate surface area is 120 Å². The number of nitrogens with zero attached hydrogens (tertiary/aromatic N) is 2. The lowest BCUT2D eigenvalue weighted by Gasteiger charge is -2.40. The minimum absolute atomic E-state index is 0.0454. The van der Waals surface area contributed by atoms with E-state index < -0.39 is 0 Å². The molecule has 0 spiro atoms. The lowest BCUT2D eigenvalue weighted by Crippen LogP contribution is -2.56. The quantitative estimate of drug-likeness (QED) is 0.826. The van der Waals surface area contributed by atoms with Crippen molar-refractivity contribution in [3.8, 4) is 0 Å². The average molecular weight is 274 g/mol. The number of rotatable bonds is 5. The molecule has 0 saturated carbocycles. The molecule has 0 radical (unpaired) electrons. The number of benzene rings is 1. The zero-order chi connectivity index (χ0) is 14.5. The molecule has 1 aliphatic heterocycles. The molecule has 20 heavy (non-hydrogen) atoms. The van der Waals surface area contributed by atoms with Crippen molar-refractivity contribution in [2.75, 3.05) is 24.5 Å². The molecule has 1 fully saturated rings. The molecular formula is C16H22N2O2. The minimum atomic E-state index is -0.0454. The van der Waals surface area contributed by atoms with Crippen LogP contribution >= 0.6 is 0 Å². The number of hydrogen-bond acceptors (Lipinski definition) is 2. The molecule has 0 unspecified atom stereocenters. The Kier molecular flexibility index (Phi) is 4.77. The van der Waals surface area contributed by atoms with Crippen LogP contribution < -0.4 is 4.90 Å². The molecule has 108 valence electrons. The van der Waals surface area contributed by atoms with Gasteiger partial charge in [-0.3, -0.25) is 9.59 Å². The molecule has 1 aromatic rings. The van der Waals surface area contributed by atoms with Gasteiger partial charge in [-0.05, 0) is 18.6 Å². The molecule has 1 aromatic carbocycles. The highest BCUT2D eigenvalue weighted by Crippen LogP contribution is 2.23. The SMILES string of the molecule is CCCCN(C(=O)C1CN(C(C)=O)C1)c1ccccc1. The second-order valence-electron chi connectivity index (χ2n) is 5.30. The van der Waals surface area contributed by atoms with Crippen molar-refractivity contribution in [1.29, 1.82) is 0 Å². The van der Waals surface area contributed by atoms with Gasteiger partial charge in [-0.15, -0.1) is 0 Å². The summed E-state index contributed by atoms with van der Waals surface area (Å²) in [5, 5.41) is 0. The van der Waals surface area contributed by atoms with E-state index in [0.29, 0.717) is 13.1 Å². The van der Waals surface area contributed by atoms with Crippen LogP contribution in [0.3, 0.4) is 0 Å². The van der Waals surface area contributed by atoms with E-state index in [1.54, 1.807) is 11.8 Å². The Balaban J connectivity index is 2.04. The van der Waals surface area contributed by atoms with Crippen molar-refractivity contribution in [3.63, 3.8) is 0 Å². The fourth-order valence-electron chi connectivity index (χ4n) is 2.40. The van der Waals surface area contributed by atoms with Gasteiger partial charge in [0, 0.05) is 32.2 Å². The molecule has 1 heterocycles. The third kappa shape index (κ3) is 3.18. The van der Waals surface area contributed by atoms with E-state index in [1.165, 1.54) is 0 Å². The van der Waals surface area contributed by atoms with E-state index in [9.17, 15) is 9.59 Å². The van der Waals surface area contributed by atoms with Crippen LogP contribution in [0.4, 0.5) is 5.69 Å². The number of para-hydroxylation sites is 1. The fourth-order valence-corrected chi connectivity index (χ4v) is 2.40. The lowest BCUT2D eigenvalue weighted by atomic mass is 9.98.